The maximum atomic E-state index is 12.3. The smallest absolute Gasteiger partial charge is 0.322 e. The molecule has 2 aliphatic heterocycles. The van der Waals surface area contributed by atoms with Gasteiger partial charge in [-0.05, 0) is 30.4 Å². The van der Waals surface area contributed by atoms with Crippen molar-refractivity contribution in [3.8, 4) is 0 Å². The van der Waals surface area contributed by atoms with E-state index < -0.39 is 4.75 Å². The van der Waals surface area contributed by atoms with E-state index in [1.807, 2.05) is 60.7 Å². The van der Waals surface area contributed by atoms with Crippen LogP contribution in [0, 0.1) is 0 Å². The van der Waals surface area contributed by atoms with Gasteiger partial charge in [0, 0.05) is 24.8 Å². The van der Waals surface area contributed by atoms with Crippen LogP contribution in [0.25, 0.3) is 0 Å². The third kappa shape index (κ3) is 17.2. The molecule has 0 spiro atoms. The van der Waals surface area contributed by atoms with Gasteiger partial charge < -0.3 is 28.4 Å². The van der Waals surface area contributed by atoms with E-state index in [-0.39, 0.29) is 35.5 Å². The third-order valence-corrected chi connectivity index (χ3v) is 10.3. The van der Waals surface area contributed by atoms with Gasteiger partial charge in [-0.25, -0.2) is 0 Å². The van der Waals surface area contributed by atoms with Crippen molar-refractivity contribution < 1.29 is 47.6 Å². The molecule has 0 fully saturated rings. The molecule has 12 nitrogen and oxygen atoms in total. The maximum Gasteiger partial charge on any atom is 0.322 e. The van der Waals surface area contributed by atoms with E-state index in [9.17, 15) is 19.2 Å². The van der Waals surface area contributed by atoms with Gasteiger partial charge >= 0.3 is 23.9 Å². The standard InChI is InChI=1S/C18H23NO5S.C14H17NO3S.C4H7BrO2/c1-22-16(20)8-9-18(17(21)23-2)10-11-19-15(25-18)13-24-12-14-6-4-3-5-7-14;1-17-14(16)12-7-8-15-13(19-12)10-18-9-11-5-3-2-4-6-11;1-7-4(6)2-3-5/h3-7H,8-13H2,1-2H3;2-6,12H,7-10H2,1H3;2-3H2,1H3. The highest BCUT2D eigenvalue weighted by atomic mass is 79.9. The van der Waals surface area contributed by atoms with Gasteiger partial charge in [-0.1, -0.05) is 100 Å². The minimum absolute atomic E-state index is 0.141. The van der Waals surface area contributed by atoms with Gasteiger partial charge in [0.2, 0.25) is 0 Å². The molecule has 0 N–H and O–H groups in total. The van der Waals surface area contributed by atoms with Crippen molar-refractivity contribution in [1.29, 1.82) is 0 Å². The van der Waals surface area contributed by atoms with E-state index in [0.29, 0.717) is 64.1 Å². The molecule has 0 amide bonds. The summed E-state index contributed by atoms with van der Waals surface area (Å²) in [4.78, 5) is 54.3. The summed E-state index contributed by atoms with van der Waals surface area (Å²) in [5.41, 5.74) is 2.21. The van der Waals surface area contributed by atoms with E-state index in [1.165, 1.54) is 52.0 Å². The van der Waals surface area contributed by atoms with Gasteiger partial charge in [0.15, 0.2) is 0 Å². The topological polar surface area (TPSA) is 148 Å². The number of hydrogen-bond donors (Lipinski definition) is 0. The fourth-order valence-electron chi connectivity index (χ4n) is 4.54. The Kier molecular flexibility index (Phi) is 22.1. The van der Waals surface area contributed by atoms with Gasteiger partial charge in [0.1, 0.15) is 10.00 Å². The molecule has 0 bridgehead atoms. The second-order valence-corrected chi connectivity index (χ2v) is 14.4. The Bertz CT molecular complexity index is 1420. The first kappa shape index (κ1) is 43.9. The summed E-state index contributed by atoms with van der Waals surface area (Å²) in [5, 5.41) is 2.16. The van der Waals surface area contributed by atoms with E-state index in [0.717, 1.165) is 27.6 Å². The Labute approximate surface area is 316 Å². The van der Waals surface area contributed by atoms with Crippen LogP contribution in [0.1, 0.15) is 43.2 Å². The molecule has 2 unspecified atom stereocenters. The molecule has 0 radical (unpaired) electrons. The number of aliphatic imine (C=N–C) groups is 2. The van der Waals surface area contributed by atoms with Crippen molar-refractivity contribution in [2.75, 3.05) is 60.1 Å². The molecule has 0 saturated carbocycles. The normalized spacial score (nSPS) is 17.9. The zero-order valence-corrected chi connectivity index (χ0v) is 32.7. The molecule has 2 atom stereocenters. The lowest BCUT2D eigenvalue weighted by molar-refractivity contribution is -0.145. The number of carbonyl (C=O) groups is 4. The van der Waals surface area contributed by atoms with E-state index >= 15 is 0 Å². The Balaban J connectivity index is 0.000000305. The summed E-state index contributed by atoms with van der Waals surface area (Å²) in [7, 11) is 5.50. The van der Waals surface area contributed by atoms with Crippen molar-refractivity contribution in [2.24, 2.45) is 9.98 Å². The van der Waals surface area contributed by atoms with E-state index in [2.05, 4.69) is 35.4 Å². The predicted molar refractivity (Wildman–Crippen MR) is 203 cm³/mol. The minimum Gasteiger partial charge on any atom is -0.469 e. The summed E-state index contributed by atoms with van der Waals surface area (Å²) >= 11 is 5.88. The van der Waals surface area contributed by atoms with Gasteiger partial charge in [0.05, 0.1) is 71.4 Å². The molecule has 0 aromatic heterocycles. The second kappa shape index (κ2) is 25.7. The number of benzene rings is 2. The fourth-order valence-corrected chi connectivity index (χ4v) is 7.24. The molecule has 280 valence electrons. The Hall–Kier alpha value is -3.24. The van der Waals surface area contributed by atoms with Crippen molar-refractivity contribution in [3.05, 3.63) is 71.8 Å². The number of methoxy groups -OCH3 is 4. The summed E-state index contributed by atoms with van der Waals surface area (Å²) in [5.74, 6) is -1.03. The number of thioether (sulfide) groups is 2. The number of ether oxygens (including phenoxy) is 6. The van der Waals surface area contributed by atoms with Crippen molar-refractivity contribution >= 4 is 73.4 Å². The van der Waals surface area contributed by atoms with Crippen LogP contribution in [0.15, 0.2) is 70.6 Å². The molecule has 4 rings (SSSR count). The predicted octanol–water partition coefficient (Wildman–Crippen LogP) is 5.83. The van der Waals surface area contributed by atoms with Crippen LogP contribution in [0.3, 0.4) is 0 Å². The molecular formula is C36H47BrN2O10S2. The fraction of sp³-hybridized carbons (Fsp3) is 0.500. The van der Waals surface area contributed by atoms with Crippen LogP contribution < -0.4 is 0 Å². The molecule has 2 aliphatic rings. The lowest BCUT2D eigenvalue weighted by atomic mass is 9.98. The van der Waals surface area contributed by atoms with Gasteiger partial charge in [-0.15, -0.1) is 0 Å². The molecule has 2 aromatic rings. The van der Waals surface area contributed by atoms with E-state index in [1.54, 1.807) is 0 Å². The zero-order chi connectivity index (χ0) is 37.3. The Morgan fingerprint density at radius 2 is 1.27 bits per heavy atom. The molecular weight excluding hydrogens is 764 g/mol. The summed E-state index contributed by atoms with van der Waals surface area (Å²) < 4.78 is 29.3. The second-order valence-electron chi connectivity index (χ2n) is 10.9. The number of esters is 4. The number of rotatable bonds is 15. The Morgan fingerprint density at radius 1 is 0.725 bits per heavy atom. The number of hydrogen-bond acceptors (Lipinski definition) is 14. The largest absolute Gasteiger partial charge is 0.469 e. The first-order chi connectivity index (χ1) is 24.7. The zero-order valence-electron chi connectivity index (χ0n) is 29.5. The van der Waals surface area contributed by atoms with Gasteiger partial charge in [-0.2, -0.15) is 0 Å². The lowest BCUT2D eigenvalue weighted by Crippen LogP contribution is -2.41. The molecule has 2 heterocycles. The van der Waals surface area contributed by atoms with Crippen molar-refractivity contribution in [3.63, 3.8) is 0 Å². The highest BCUT2D eigenvalue weighted by Crippen LogP contribution is 2.39. The molecule has 51 heavy (non-hydrogen) atoms. The number of nitrogens with zero attached hydrogens (tertiary/aromatic N) is 2. The summed E-state index contributed by atoms with van der Waals surface area (Å²) in [6.45, 7) is 2.99. The first-order valence-electron chi connectivity index (χ1n) is 16.2. The SMILES string of the molecule is COC(=O)C1CCN=C(COCc2ccccc2)S1.COC(=O)CCBr.COC(=O)CCC1(C(=O)OC)CCN=C(COCc2ccccc2)S1. The van der Waals surface area contributed by atoms with Crippen LogP contribution in [0.5, 0.6) is 0 Å². The molecule has 0 saturated heterocycles. The average Bonchev–Trinajstić information content (AvgIpc) is 3.18. The highest BCUT2D eigenvalue weighted by molar-refractivity contribution is 9.09. The van der Waals surface area contributed by atoms with Crippen LogP contribution in [0.4, 0.5) is 0 Å². The monoisotopic (exact) mass is 810 g/mol. The number of halogens is 1. The van der Waals surface area contributed by atoms with E-state index in [4.69, 9.17) is 18.9 Å². The van der Waals surface area contributed by atoms with Gasteiger partial charge in [0.25, 0.3) is 0 Å². The minimum atomic E-state index is -0.809. The third-order valence-electron chi connectivity index (χ3n) is 7.26. The number of alkyl halides is 1. The van der Waals surface area contributed by atoms with Gasteiger partial charge in [-0.3, -0.25) is 29.2 Å². The lowest BCUT2D eigenvalue weighted by Gasteiger charge is -2.32. The van der Waals surface area contributed by atoms with Crippen LogP contribution >= 0.6 is 39.5 Å². The molecule has 2 aromatic carbocycles. The Morgan fingerprint density at radius 3 is 1.78 bits per heavy atom. The average molecular weight is 812 g/mol. The van der Waals surface area contributed by atoms with Crippen LogP contribution in [0.2, 0.25) is 0 Å². The van der Waals surface area contributed by atoms with Crippen molar-refractivity contribution in [2.45, 2.75) is 55.3 Å². The molecule has 15 heteroatoms. The summed E-state index contributed by atoms with van der Waals surface area (Å²) in [6, 6.07) is 19.8. The van der Waals surface area contributed by atoms with Crippen LogP contribution in [-0.4, -0.2) is 104 Å². The van der Waals surface area contributed by atoms with Crippen molar-refractivity contribution in [1.82, 2.24) is 0 Å². The number of carbonyl (C=O) groups excluding carboxylic acids is 4. The quantitative estimate of drug-likeness (QED) is 0.121. The van der Waals surface area contributed by atoms with Crippen LogP contribution in [-0.2, 0) is 60.8 Å². The maximum absolute atomic E-state index is 12.3. The first-order valence-corrected chi connectivity index (χ1v) is 19.0. The highest BCUT2D eigenvalue weighted by Gasteiger charge is 2.43. The summed E-state index contributed by atoms with van der Waals surface area (Å²) in [6.07, 6.45) is 2.24. The molecule has 0 aliphatic carbocycles.